The summed E-state index contributed by atoms with van der Waals surface area (Å²) in [6.07, 6.45) is 4.44. The zero-order valence-electron chi connectivity index (χ0n) is 14.0. The zero-order chi connectivity index (χ0) is 16.4. The molecule has 0 heterocycles. The van der Waals surface area contributed by atoms with E-state index in [1.165, 1.54) is 0 Å². The molecule has 0 aromatic heterocycles. The summed E-state index contributed by atoms with van der Waals surface area (Å²) in [5.41, 5.74) is 6.96. The number of amides is 1. The minimum Gasteiger partial charge on any atom is -0.493 e. The van der Waals surface area contributed by atoms with Crippen LogP contribution in [0.15, 0.2) is 18.2 Å². The molecular formula is C16H27ClN2O3S. The van der Waals surface area contributed by atoms with Gasteiger partial charge in [-0.15, -0.1) is 12.4 Å². The number of ether oxygens (including phenoxy) is 2. The van der Waals surface area contributed by atoms with E-state index in [0.29, 0.717) is 13.0 Å². The summed E-state index contributed by atoms with van der Waals surface area (Å²) in [5, 5.41) is 2.88. The highest BCUT2D eigenvalue weighted by Crippen LogP contribution is 2.27. The summed E-state index contributed by atoms with van der Waals surface area (Å²) >= 11 is 1.70. The number of rotatable bonds is 10. The Bertz CT molecular complexity index is 475. The first-order valence-corrected chi connectivity index (χ1v) is 8.75. The Morgan fingerprint density at radius 3 is 2.61 bits per heavy atom. The Balaban J connectivity index is 0.00000484. The van der Waals surface area contributed by atoms with E-state index in [2.05, 4.69) is 5.32 Å². The maximum absolute atomic E-state index is 11.8. The SMILES string of the molecule is COc1ccc(CCCNC(=O)[C@@H](N)CCSC)cc1OC.Cl. The lowest BCUT2D eigenvalue weighted by atomic mass is 10.1. The van der Waals surface area contributed by atoms with Gasteiger partial charge < -0.3 is 20.5 Å². The van der Waals surface area contributed by atoms with Gasteiger partial charge in [-0.2, -0.15) is 11.8 Å². The van der Waals surface area contributed by atoms with E-state index in [4.69, 9.17) is 15.2 Å². The van der Waals surface area contributed by atoms with Gasteiger partial charge in [-0.25, -0.2) is 0 Å². The number of nitrogens with two attached hydrogens (primary N) is 1. The molecule has 0 fully saturated rings. The number of carbonyl (C=O) groups excluding carboxylic acids is 1. The summed E-state index contributed by atoms with van der Waals surface area (Å²) in [7, 11) is 3.24. The van der Waals surface area contributed by atoms with E-state index in [-0.39, 0.29) is 18.3 Å². The monoisotopic (exact) mass is 362 g/mol. The Kier molecular flexibility index (Phi) is 11.7. The molecule has 7 heteroatoms. The number of halogens is 1. The van der Waals surface area contributed by atoms with Crippen LogP contribution in [0.3, 0.4) is 0 Å². The van der Waals surface area contributed by atoms with Gasteiger partial charge >= 0.3 is 0 Å². The summed E-state index contributed by atoms with van der Waals surface area (Å²) in [6.45, 7) is 0.625. The van der Waals surface area contributed by atoms with Crippen molar-refractivity contribution in [2.45, 2.75) is 25.3 Å². The second kappa shape index (κ2) is 12.3. The van der Waals surface area contributed by atoms with Crippen LogP contribution in [0.2, 0.25) is 0 Å². The average molecular weight is 363 g/mol. The maximum Gasteiger partial charge on any atom is 0.236 e. The number of aryl methyl sites for hydroxylation is 1. The summed E-state index contributed by atoms with van der Waals surface area (Å²) in [6, 6.07) is 5.46. The van der Waals surface area contributed by atoms with Gasteiger partial charge in [0.15, 0.2) is 11.5 Å². The second-order valence-corrected chi connectivity index (χ2v) is 5.96. The highest BCUT2D eigenvalue weighted by Gasteiger charge is 2.11. The van der Waals surface area contributed by atoms with Crippen LogP contribution in [-0.2, 0) is 11.2 Å². The first-order chi connectivity index (χ1) is 10.6. The molecule has 5 nitrogen and oxygen atoms in total. The maximum atomic E-state index is 11.8. The van der Waals surface area contributed by atoms with Crippen LogP contribution in [0.25, 0.3) is 0 Å². The summed E-state index contributed by atoms with van der Waals surface area (Å²) in [5.74, 6) is 2.28. The van der Waals surface area contributed by atoms with Crippen molar-refractivity contribution in [3.63, 3.8) is 0 Å². The third kappa shape index (κ3) is 7.81. The molecule has 0 radical (unpaired) electrons. The number of benzene rings is 1. The minimum absolute atomic E-state index is 0. The molecule has 23 heavy (non-hydrogen) atoms. The number of thioether (sulfide) groups is 1. The van der Waals surface area contributed by atoms with Gasteiger partial charge in [0.1, 0.15) is 0 Å². The van der Waals surface area contributed by atoms with Gasteiger partial charge in [-0.1, -0.05) is 6.07 Å². The van der Waals surface area contributed by atoms with Crippen LogP contribution in [-0.4, -0.2) is 44.7 Å². The molecule has 0 aliphatic carbocycles. The molecule has 0 unspecified atom stereocenters. The van der Waals surface area contributed by atoms with Crippen molar-refractivity contribution in [2.24, 2.45) is 5.73 Å². The van der Waals surface area contributed by atoms with Crippen LogP contribution in [0.5, 0.6) is 11.5 Å². The van der Waals surface area contributed by atoms with E-state index < -0.39 is 6.04 Å². The van der Waals surface area contributed by atoms with E-state index in [9.17, 15) is 4.79 Å². The molecule has 1 atom stereocenters. The zero-order valence-corrected chi connectivity index (χ0v) is 15.6. The predicted molar refractivity (Wildman–Crippen MR) is 99.1 cm³/mol. The lowest BCUT2D eigenvalue weighted by molar-refractivity contribution is -0.122. The van der Waals surface area contributed by atoms with Gasteiger partial charge in [0.25, 0.3) is 0 Å². The van der Waals surface area contributed by atoms with Crippen LogP contribution in [0.1, 0.15) is 18.4 Å². The summed E-state index contributed by atoms with van der Waals surface area (Å²) < 4.78 is 10.5. The summed E-state index contributed by atoms with van der Waals surface area (Å²) in [4.78, 5) is 11.8. The number of carbonyl (C=O) groups is 1. The molecule has 1 aromatic carbocycles. The molecule has 132 valence electrons. The third-order valence-corrected chi connectivity index (χ3v) is 4.00. The van der Waals surface area contributed by atoms with Gasteiger partial charge in [0, 0.05) is 6.54 Å². The molecule has 0 spiro atoms. The van der Waals surface area contributed by atoms with Gasteiger partial charge in [-0.3, -0.25) is 4.79 Å². The van der Waals surface area contributed by atoms with Crippen molar-refractivity contribution in [2.75, 3.05) is 32.8 Å². The Morgan fingerprint density at radius 2 is 2.00 bits per heavy atom. The topological polar surface area (TPSA) is 73.6 Å². The van der Waals surface area contributed by atoms with Crippen LogP contribution in [0.4, 0.5) is 0 Å². The molecule has 1 aromatic rings. The largest absolute Gasteiger partial charge is 0.493 e. The molecule has 0 saturated heterocycles. The normalized spacial score (nSPS) is 11.3. The quantitative estimate of drug-likeness (QED) is 0.624. The Morgan fingerprint density at radius 1 is 1.30 bits per heavy atom. The van der Waals surface area contributed by atoms with E-state index in [1.807, 2.05) is 24.5 Å². The lowest BCUT2D eigenvalue weighted by Gasteiger charge is -2.12. The molecule has 1 amide bonds. The minimum atomic E-state index is -0.409. The molecule has 0 aliphatic rings. The highest BCUT2D eigenvalue weighted by atomic mass is 35.5. The van der Waals surface area contributed by atoms with Crippen molar-refractivity contribution in [3.05, 3.63) is 23.8 Å². The average Bonchev–Trinajstić information content (AvgIpc) is 2.55. The number of hydrogen-bond donors (Lipinski definition) is 2. The van der Waals surface area contributed by atoms with Crippen LogP contribution in [0, 0.1) is 0 Å². The fraction of sp³-hybridized carbons (Fsp3) is 0.562. The van der Waals surface area contributed by atoms with E-state index in [0.717, 1.165) is 35.7 Å². The van der Waals surface area contributed by atoms with E-state index >= 15 is 0 Å². The van der Waals surface area contributed by atoms with Crippen molar-refractivity contribution in [1.29, 1.82) is 0 Å². The number of hydrogen-bond acceptors (Lipinski definition) is 5. The van der Waals surface area contributed by atoms with E-state index in [1.54, 1.807) is 26.0 Å². The van der Waals surface area contributed by atoms with Gasteiger partial charge in [-0.05, 0) is 49.0 Å². The predicted octanol–water partition coefficient (Wildman–Crippen LogP) is 2.25. The van der Waals surface area contributed by atoms with Gasteiger partial charge in [0.05, 0.1) is 20.3 Å². The standard InChI is InChI=1S/C16H26N2O3S.ClH/c1-20-14-7-6-12(11-15(14)21-2)5-4-9-18-16(19)13(17)8-10-22-3;/h6-7,11,13H,4-5,8-10,17H2,1-3H3,(H,18,19);1H/t13-;/m0./s1. The molecular weight excluding hydrogens is 336 g/mol. The fourth-order valence-electron chi connectivity index (χ4n) is 2.05. The Labute approximate surface area is 149 Å². The van der Waals surface area contributed by atoms with Gasteiger partial charge in [0.2, 0.25) is 5.91 Å². The van der Waals surface area contributed by atoms with Crippen LogP contribution >= 0.6 is 24.2 Å². The molecule has 0 aliphatic heterocycles. The fourth-order valence-corrected chi connectivity index (χ4v) is 2.54. The molecule has 0 saturated carbocycles. The van der Waals surface area contributed by atoms with Crippen molar-refractivity contribution in [1.82, 2.24) is 5.32 Å². The van der Waals surface area contributed by atoms with Crippen molar-refractivity contribution >= 4 is 30.1 Å². The second-order valence-electron chi connectivity index (χ2n) is 4.97. The first-order valence-electron chi connectivity index (χ1n) is 7.35. The number of methoxy groups -OCH3 is 2. The molecule has 1 rings (SSSR count). The van der Waals surface area contributed by atoms with Crippen molar-refractivity contribution < 1.29 is 14.3 Å². The lowest BCUT2D eigenvalue weighted by Crippen LogP contribution is -2.41. The molecule has 0 bridgehead atoms. The highest BCUT2D eigenvalue weighted by molar-refractivity contribution is 7.98. The first kappa shape index (κ1) is 21.9. The number of nitrogens with one attached hydrogen (secondary N) is 1. The van der Waals surface area contributed by atoms with Crippen molar-refractivity contribution in [3.8, 4) is 11.5 Å². The van der Waals surface area contributed by atoms with Crippen LogP contribution < -0.4 is 20.5 Å². The smallest absolute Gasteiger partial charge is 0.236 e. The molecule has 3 N–H and O–H groups in total. The third-order valence-electron chi connectivity index (χ3n) is 3.36. The Hall–Kier alpha value is -1.11.